The van der Waals surface area contributed by atoms with Gasteiger partial charge in [-0.3, -0.25) is 9.89 Å². The average molecular weight is 244 g/mol. The molecule has 1 saturated carbocycles. The molecular formula is C14H16N2O2. The molecule has 1 heterocycles. The highest BCUT2D eigenvalue weighted by Crippen LogP contribution is 2.41. The number of rotatable bonds is 2. The van der Waals surface area contributed by atoms with Crippen molar-refractivity contribution < 1.29 is 9.90 Å². The van der Waals surface area contributed by atoms with Crippen LogP contribution in [0.15, 0.2) is 24.3 Å². The van der Waals surface area contributed by atoms with Gasteiger partial charge in [0.2, 0.25) is 0 Å². The third kappa shape index (κ3) is 1.52. The molecule has 4 nitrogen and oxygen atoms in total. The number of H-pyrrole nitrogens is 1. The molecule has 2 N–H and O–H groups in total. The first-order valence-electron chi connectivity index (χ1n) is 6.41. The van der Waals surface area contributed by atoms with Crippen molar-refractivity contribution in [3.8, 4) is 0 Å². The zero-order valence-corrected chi connectivity index (χ0v) is 10.1. The molecule has 0 bridgehead atoms. The van der Waals surface area contributed by atoms with E-state index in [1.54, 1.807) is 0 Å². The van der Waals surface area contributed by atoms with Gasteiger partial charge in [0.1, 0.15) is 5.41 Å². The molecule has 0 amide bonds. The van der Waals surface area contributed by atoms with Gasteiger partial charge in [-0.2, -0.15) is 5.10 Å². The molecule has 1 aliphatic carbocycles. The summed E-state index contributed by atoms with van der Waals surface area (Å²) in [5, 5.41) is 17.8. The van der Waals surface area contributed by atoms with Gasteiger partial charge in [-0.15, -0.1) is 0 Å². The van der Waals surface area contributed by atoms with Gasteiger partial charge in [0.25, 0.3) is 0 Å². The van der Waals surface area contributed by atoms with Gasteiger partial charge in [-0.05, 0) is 18.9 Å². The molecule has 1 fully saturated rings. The highest BCUT2D eigenvalue weighted by atomic mass is 16.4. The van der Waals surface area contributed by atoms with Crippen molar-refractivity contribution >= 4 is 16.9 Å². The summed E-state index contributed by atoms with van der Waals surface area (Å²) < 4.78 is 0. The topological polar surface area (TPSA) is 66.0 Å². The number of aromatic nitrogens is 2. The largest absolute Gasteiger partial charge is 0.481 e. The third-order valence-electron chi connectivity index (χ3n) is 4.06. The van der Waals surface area contributed by atoms with E-state index in [1.807, 2.05) is 24.3 Å². The number of nitrogens with zero attached hydrogens (tertiary/aromatic N) is 1. The van der Waals surface area contributed by atoms with Crippen LogP contribution in [0.5, 0.6) is 0 Å². The van der Waals surface area contributed by atoms with Gasteiger partial charge in [-0.25, -0.2) is 0 Å². The summed E-state index contributed by atoms with van der Waals surface area (Å²) in [6.45, 7) is 0. The van der Waals surface area contributed by atoms with Crippen molar-refractivity contribution in [3.05, 3.63) is 30.0 Å². The summed E-state index contributed by atoms with van der Waals surface area (Å²) in [5.74, 6) is -0.725. The summed E-state index contributed by atoms with van der Waals surface area (Å²) in [4.78, 5) is 11.8. The van der Waals surface area contributed by atoms with Crippen molar-refractivity contribution in [1.82, 2.24) is 10.2 Å². The molecule has 0 spiro atoms. The lowest BCUT2D eigenvalue weighted by Crippen LogP contribution is -2.38. The standard InChI is InChI=1S/C14H16N2O2/c17-13(18)14(8-4-1-5-9-14)12-10-6-2-3-7-11(10)15-16-12/h2-3,6-7H,1,4-5,8-9H2,(H,15,16)(H,17,18). The number of benzene rings is 1. The van der Waals surface area contributed by atoms with E-state index in [0.29, 0.717) is 12.8 Å². The van der Waals surface area contributed by atoms with E-state index in [2.05, 4.69) is 10.2 Å². The Morgan fingerprint density at radius 1 is 1.22 bits per heavy atom. The molecule has 0 unspecified atom stereocenters. The molecule has 94 valence electrons. The maximum absolute atomic E-state index is 11.8. The number of carbonyl (C=O) groups is 1. The molecule has 1 aliphatic rings. The van der Waals surface area contributed by atoms with Gasteiger partial charge in [-0.1, -0.05) is 37.5 Å². The number of aromatic amines is 1. The minimum Gasteiger partial charge on any atom is -0.481 e. The molecule has 0 atom stereocenters. The smallest absolute Gasteiger partial charge is 0.315 e. The number of para-hydroxylation sites is 1. The highest BCUT2D eigenvalue weighted by molar-refractivity contribution is 5.90. The van der Waals surface area contributed by atoms with Crippen molar-refractivity contribution in [1.29, 1.82) is 0 Å². The molecule has 0 saturated heterocycles. The molecule has 0 radical (unpaired) electrons. The fourth-order valence-electron chi connectivity index (χ4n) is 3.05. The molecule has 2 aromatic rings. The summed E-state index contributed by atoms with van der Waals surface area (Å²) in [6, 6.07) is 7.71. The number of hydrogen-bond acceptors (Lipinski definition) is 2. The summed E-state index contributed by atoms with van der Waals surface area (Å²) >= 11 is 0. The molecule has 0 aliphatic heterocycles. The second-order valence-electron chi connectivity index (χ2n) is 5.06. The Hall–Kier alpha value is -1.84. The molecule has 18 heavy (non-hydrogen) atoms. The Bertz CT molecular complexity index is 582. The molecular weight excluding hydrogens is 228 g/mol. The number of fused-ring (bicyclic) bond motifs is 1. The van der Waals surface area contributed by atoms with E-state index in [1.165, 1.54) is 0 Å². The predicted octanol–water partition coefficient (Wildman–Crippen LogP) is 2.85. The molecule has 1 aromatic carbocycles. The van der Waals surface area contributed by atoms with Crippen LogP contribution in [-0.4, -0.2) is 21.3 Å². The van der Waals surface area contributed by atoms with Crippen molar-refractivity contribution in [2.75, 3.05) is 0 Å². The van der Waals surface area contributed by atoms with Crippen molar-refractivity contribution in [2.45, 2.75) is 37.5 Å². The normalized spacial score (nSPS) is 18.9. The van der Waals surface area contributed by atoms with Gasteiger partial charge in [0, 0.05) is 5.39 Å². The van der Waals surface area contributed by atoms with Crippen LogP contribution in [0.4, 0.5) is 0 Å². The maximum Gasteiger partial charge on any atom is 0.315 e. The van der Waals surface area contributed by atoms with E-state index < -0.39 is 11.4 Å². The zero-order chi connectivity index (χ0) is 12.6. The van der Waals surface area contributed by atoms with Crippen molar-refractivity contribution in [2.24, 2.45) is 0 Å². The van der Waals surface area contributed by atoms with Crippen LogP contribution in [0.25, 0.3) is 10.9 Å². The second kappa shape index (κ2) is 4.12. The van der Waals surface area contributed by atoms with Gasteiger partial charge >= 0.3 is 5.97 Å². The Morgan fingerprint density at radius 2 is 1.94 bits per heavy atom. The lowest BCUT2D eigenvalue weighted by atomic mass is 9.71. The van der Waals surface area contributed by atoms with E-state index in [-0.39, 0.29) is 0 Å². The number of hydrogen-bond donors (Lipinski definition) is 2. The summed E-state index contributed by atoms with van der Waals surface area (Å²) in [5.41, 5.74) is 0.859. The van der Waals surface area contributed by atoms with Gasteiger partial charge < -0.3 is 5.11 Å². The fraction of sp³-hybridized carbons (Fsp3) is 0.429. The first kappa shape index (κ1) is 11.3. The Kier molecular flexibility index (Phi) is 2.58. The first-order valence-corrected chi connectivity index (χ1v) is 6.41. The third-order valence-corrected chi connectivity index (χ3v) is 4.06. The molecule has 4 heteroatoms. The fourth-order valence-corrected chi connectivity index (χ4v) is 3.05. The van der Waals surface area contributed by atoms with E-state index in [0.717, 1.165) is 35.9 Å². The zero-order valence-electron chi connectivity index (χ0n) is 10.1. The monoisotopic (exact) mass is 244 g/mol. The lowest BCUT2D eigenvalue weighted by Gasteiger charge is -2.32. The quantitative estimate of drug-likeness (QED) is 0.853. The maximum atomic E-state index is 11.8. The van der Waals surface area contributed by atoms with Gasteiger partial charge in [0.05, 0.1) is 11.2 Å². The minimum absolute atomic E-state index is 0.703. The van der Waals surface area contributed by atoms with Crippen LogP contribution in [0.2, 0.25) is 0 Å². The van der Waals surface area contributed by atoms with E-state index in [4.69, 9.17) is 0 Å². The number of carboxylic acid groups (broad SMARTS) is 1. The Morgan fingerprint density at radius 3 is 2.67 bits per heavy atom. The Labute approximate surface area is 105 Å². The number of aliphatic carboxylic acids is 1. The van der Waals surface area contributed by atoms with Crippen LogP contribution < -0.4 is 0 Å². The lowest BCUT2D eigenvalue weighted by molar-refractivity contribution is -0.145. The van der Waals surface area contributed by atoms with Gasteiger partial charge in [0.15, 0.2) is 0 Å². The number of carboxylic acids is 1. The summed E-state index contributed by atoms with van der Waals surface area (Å²) in [6.07, 6.45) is 4.48. The molecule has 3 rings (SSSR count). The number of nitrogens with one attached hydrogen (secondary N) is 1. The van der Waals surface area contributed by atoms with Crippen molar-refractivity contribution in [3.63, 3.8) is 0 Å². The van der Waals surface area contributed by atoms with E-state index >= 15 is 0 Å². The SMILES string of the molecule is O=C(O)C1(c2[nH]nc3ccccc23)CCCCC1. The highest BCUT2D eigenvalue weighted by Gasteiger charge is 2.43. The van der Waals surface area contributed by atoms with Crippen LogP contribution >= 0.6 is 0 Å². The summed E-state index contributed by atoms with van der Waals surface area (Å²) in [7, 11) is 0. The van der Waals surface area contributed by atoms with Crippen LogP contribution in [0.1, 0.15) is 37.8 Å². The predicted molar refractivity (Wildman–Crippen MR) is 68.5 cm³/mol. The average Bonchev–Trinajstić information content (AvgIpc) is 2.83. The van der Waals surface area contributed by atoms with Crippen LogP contribution in [0.3, 0.4) is 0 Å². The van der Waals surface area contributed by atoms with Crippen LogP contribution in [-0.2, 0) is 10.2 Å². The Balaban J connectivity index is 2.18. The second-order valence-corrected chi connectivity index (χ2v) is 5.06. The molecule has 1 aromatic heterocycles. The van der Waals surface area contributed by atoms with E-state index in [9.17, 15) is 9.90 Å². The minimum atomic E-state index is -0.769. The van der Waals surface area contributed by atoms with Crippen LogP contribution in [0, 0.1) is 0 Å². The first-order chi connectivity index (χ1) is 8.74.